The number of sulfonamides is 1. The van der Waals surface area contributed by atoms with Crippen LogP contribution in [-0.2, 0) is 14.8 Å². The summed E-state index contributed by atoms with van der Waals surface area (Å²) in [5.41, 5.74) is 4.43. The van der Waals surface area contributed by atoms with Crippen LogP contribution in [0.4, 0.5) is 0 Å². The van der Waals surface area contributed by atoms with E-state index >= 15 is 0 Å². The number of halogens is 1. The Morgan fingerprint density at radius 2 is 1.74 bits per heavy atom. The van der Waals surface area contributed by atoms with Crippen LogP contribution >= 0.6 is 11.6 Å². The highest BCUT2D eigenvalue weighted by Gasteiger charge is 2.27. The molecular formula is C23H31ClN2O4S. The summed E-state index contributed by atoms with van der Waals surface area (Å²) >= 11 is 6.16. The van der Waals surface area contributed by atoms with E-state index in [1.54, 1.807) is 6.92 Å². The Morgan fingerprint density at radius 1 is 1.10 bits per heavy atom. The molecule has 0 saturated carbocycles. The van der Waals surface area contributed by atoms with Gasteiger partial charge in [-0.05, 0) is 75.1 Å². The van der Waals surface area contributed by atoms with E-state index in [-0.39, 0.29) is 35.0 Å². The van der Waals surface area contributed by atoms with Gasteiger partial charge in [0.15, 0.2) is 0 Å². The van der Waals surface area contributed by atoms with Crippen molar-refractivity contribution >= 4 is 27.5 Å². The van der Waals surface area contributed by atoms with E-state index < -0.39 is 10.0 Å². The van der Waals surface area contributed by atoms with Crippen molar-refractivity contribution in [3.8, 4) is 5.75 Å². The first-order chi connectivity index (χ1) is 14.5. The average molecular weight is 467 g/mol. The van der Waals surface area contributed by atoms with Crippen molar-refractivity contribution in [1.29, 1.82) is 0 Å². The Balaban J connectivity index is 2.17. The predicted octanol–water partition coefficient (Wildman–Crippen LogP) is 4.55. The van der Waals surface area contributed by atoms with Crippen molar-refractivity contribution in [2.75, 3.05) is 19.7 Å². The third-order valence-corrected chi connectivity index (χ3v) is 7.45. The lowest BCUT2D eigenvalue weighted by Gasteiger charge is -2.23. The Hall–Kier alpha value is -2.09. The molecule has 0 fully saturated rings. The van der Waals surface area contributed by atoms with Crippen LogP contribution < -0.4 is 10.1 Å². The molecule has 2 aromatic rings. The highest BCUT2D eigenvalue weighted by atomic mass is 35.5. The molecule has 0 unspecified atom stereocenters. The van der Waals surface area contributed by atoms with E-state index in [0.29, 0.717) is 12.4 Å². The minimum absolute atomic E-state index is 0.0219. The van der Waals surface area contributed by atoms with Gasteiger partial charge in [-0.2, -0.15) is 4.31 Å². The molecular weight excluding hydrogens is 436 g/mol. The Morgan fingerprint density at radius 3 is 2.32 bits per heavy atom. The quantitative estimate of drug-likeness (QED) is 0.588. The van der Waals surface area contributed by atoms with Crippen LogP contribution in [0.25, 0.3) is 0 Å². The van der Waals surface area contributed by atoms with E-state index in [1.807, 2.05) is 34.6 Å². The number of rotatable bonds is 9. The summed E-state index contributed by atoms with van der Waals surface area (Å²) in [6.07, 6.45) is 0. The van der Waals surface area contributed by atoms with Crippen molar-refractivity contribution in [3.63, 3.8) is 0 Å². The molecule has 0 aromatic heterocycles. The Bertz CT molecular complexity index is 1050. The molecule has 2 rings (SSSR count). The molecule has 170 valence electrons. The number of aryl methyl sites for hydroxylation is 3. The van der Waals surface area contributed by atoms with Gasteiger partial charge < -0.3 is 10.1 Å². The topological polar surface area (TPSA) is 75.7 Å². The summed E-state index contributed by atoms with van der Waals surface area (Å²) in [4.78, 5) is 12.7. The minimum atomic E-state index is -3.89. The highest BCUT2D eigenvalue weighted by Crippen LogP contribution is 2.29. The zero-order valence-corrected chi connectivity index (χ0v) is 20.5. The van der Waals surface area contributed by atoms with E-state index in [4.69, 9.17) is 16.3 Å². The molecule has 6 nitrogen and oxygen atoms in total. The molecule has 0 spiro atoms. The van der Waals surface area contributed by atoms with Gasteiger partial charge in [0.2, 0.25) is 15.9 Å². The SMILES string of the molecule is CCOc1ccc(S(=O)(=O)N(CC)CC(=O)N[C@@H](C)c2cc(C)c(C)cc2C)cc1Cl. The highest BCUT2D eigenvalue weighted by molar-refractivity contribution is 7.89. The van der Waals surface area contributed by atoms with Crippen LogP contribution in [0.5, 0.6) is 5.75 Å². The van der Waals surface area contributed by atoms with Crippen molar-refractivity contribution in [1.82, 2.24) is 9.62 Å². The van der Waals surface area contributed by atoms with Crippen LogP contribution in [0.1, 0.15) is 49.1 Å². The summed E-state index contributed by atoms with van der Waals surface area (Å²) in [6.45, 7) is 11.8. The van der Waals surface area contributed by atoms with Crippen LogP contribution in [0, 0.1) is 20.8 Å². The second kappa shape index (κ2) is 10.5. The van der Waals surface area contributed by atoms with Crippen LogP contribution in [0.3, 0.4) is 0 Å². The number of carbonyl (C=O) groups is 1. The second-order valence-electron chi connectivity index (χ2n) is 7.54. The number of benzene rings is 2. The smallest absolute Gasteiger partial charge is 0.243 e. The molecule has 0 heterocycles. The lowest BCUT2D eigenvalue weighted by atomic mass is 9.96. The number of nitrogens with zero attached hydrogens (tertiary/aromatic N) is 1. The summed E-state index contributed by atoms with van der Waals surface area (Å²) < 4.78 is 32.6. The molecule has 2 aromatic carbocycles. The fourth-order valence-electron chi connectivity index (χ4n) is 3.40. The number of likely N-dealkylation sites (N-methyl/N-ethyl adjacent to an activating group) is 1. The molecule has 31 heavy (non-hydrogen) atoms. The van der Waals surface area contributed by atoms with Crippen LogP contribution in [0.15, 0.2) is 35.2 Å². The van der Waals surface area contributed by atoms with Crippen LogP contribution in [-0.4, -0.2) is 38.3 Å². The number of amides is 1. The van der Waals surface area contributed by atoms with Gasteiger partial charge in [0.1, 0.15) is 5.75 Å². The second-order valence-corrected chi connectivity index (χ2v) is 9.88. The summed E-state index contributed by atoms with van der Waals surface area (Å²) in [7, 11) is -3.89. The maximum absolute atomic E-state index is 13.1. The predicted molar refractivity (Wildman–Crippen MR) is 124 cm³/mol. The van der Waals surface area contributed by atoms with Crippen molar-refractivity contribution in [2.45, 2.75) is 52.5 Å². The Kier molecular flexibility index (Phi) is 8.51. The van der Waals surface area contributed by atoms with Gasteiger partial charge in [-0.25, -0.2) is 8.42 Å². The molecule has 0 radical (unpaired) electrons. The van der Waals surface area contributed by atoms with Gasteiger partial charge in [0.05, 0.1) is 29.1 Å². The van der Waals surface area contributed by atoms with Gasteiger partial charge in [-0.1, -0.05) is 30.7 Å². The zero-order valence-electron chi connectivity index (χ0n) is 19.0. The van der Waals surface area contributed by atoms with Crippen molar-refractivity contribution in [2.24, 2.45) is 0 Å². The third-order valence-electron chi connectivity index (χ3n) is 5.24. The molecule has 8 heteroatoms. The molecule has 0 saturated heterocycles. The maximum Gasteiger partial charge on any atom is 0.243 e. The normalized spacial score (nSPS) is 12.6. The zero-order chi connectivity index (χ0) is 23.3. The van der Waals surface area contributed by atoms with Crippen LogP contribution in [0.2, 0.25) is 5.02 Å². The molecule has 0 bridgehead atoms. The van der Waals surface area contributed by atoms with Gasteiger partial charge in [0.25, 0.3) is 0 Å². The minimum Gasteiger partial charge on any atom is -0.492 e. The summed E-state index contributed by atoms with van der Waals surface area (Å²) in [5, 5.41) is 3.13. The molecule has 1 amide bonds. The molecule has 0 aliphatic rings. The largest absolute Gasteiger partial charge is 0.492 e. The fourth-order valence-corrected chi connectivity index (χ4v) is 5.14. The summed E-state index contributed by atoms with van der Waals surface area (Å²) in [6, 6.07) is 8.22. The number of carbonyl (C=O) groups excluding carboxylic acids is 1. The van der Waals surface area contributed by atoms with Gasteiger partial charge >= 0.3 is 0 Å². The van der Waals surface area contributed by atoms with E-state index in [0.717, 1.165) is 21.0 Å². The van der Waals surface area contributed by atoms with E-state index in [2.05, 4.69) is 17.4 Å². The first-order valence-electron chi connectivity index (χ1n) is 10.3. The Labute approximate surface area is 190 Å². The first-order valence-corrected chi connectivity index (χ1v) is 12.1. The van der Waals surface area contributed by atoms with E-state index in [1.165, 1.54) is 23.8 Å². The molecule has 1 atom stereocenters. The average Bonchev–Trinajstić information content (AvgIpc) is 2.70. The van der Waals surface area contributed by atoms with Gasteiger partial charge in [-0.15, -0.1) is 0 Å². The number of hydrogen-bond acceptors (Lipinski definition) is 4. The first kappa shape index (κ1) is 25.2. The number of ether oxygens (including phenoxy) is 1. The lowest BCUT2D eigenvalue weighted by molar-refractivity contribution is -0.121. The summed E-state index contributed by atoms with van der Waals surface area (Å²) in [5.74, 6) is 0.0501. The molecule has 0 aliphatic heterocycles. The van der Waals surface area contributed by atoms with Gasteiger partial charge in [-0.3, -0.25) is 4.79 Å². The lowest BCUT2D eigenvalue weighted by Crippen LogP contribution is -2.41. The standard InChI is InChI=1S/C23H31ClN2O4S/c1-7-26(31(28,29)19-9-10-22(30-8-2)21(24)13-19)14-23(27)25-18(6)20-12-16(4)15(3)11-17(20)5/h9-13,18H,7-8,14H2,1-6H3,(H,25,27)/t18-/m0/s1. The monoisotopic (exact) mass is 466 g/mol. The third kappa shape index (κ3) is 5.99. The fraction of sp³-hybridized carbons (Fsp3) is 0.435. The van der Waals surface area contributed by atoms with Crippen molar-refractivity contribution in [3.05, 3.63) is 57.6 Å². The molecule has 0 aliphatic carbocycles. The maximum atomic E-state index is 13.1. The van der Waals surface area contributed by atoms with E-state index in [9.17, 15) is 13.2 Å². The number of hydrogen-bond donors (Lipinski definition) is 1. The molecule has 1 N–H and O–H groups in total. The van der Waals surface area contributed by atoms with Gasteiger partial charge in [0, 0.05) is 6.54 Å². The number of nitrogens with one attached hydrogen (secondary N) is 1. The van der Waals surface area contributed by atoms with Crippen molar-refractivity contribution < 1.29 is 17.9 Å².